The van der Waals surface area contributed by atoms with Gasteiger partial charge in [0.1, 0.15) is 0 Å². The summed E-state index contributed by atoms with van der Waals surface area (Å²) < 4.78 is 0. The molecule has 118 valence electrons. The van der Waals surface area contributed by atoms with Crippen LogP contribution in [0.1, 0.15) is 22.5 Å². The molecule has 0 fully saturated rings. The van der Waals surface area contributed by atoms with Crippen molar-refractivity contribution in [3.05, 3.63) is 89.2 Å². The van der Waals surface area contributed by atoms with Gasteiger partial charge in [-0.15, -0.1) is 0 Å². The number of aliphatic imine (C=N–C) groups is 2. The number of para-hydroxylation sites is 2. The molecule has 0 radical (unpaired) electrons. The minimum Gasteiger partial charge on any atom is -0.254 e. The van der Waals surface area contributed by atoms with Crippen molar-refractivity contribution in [3.63, 3.8) is 0 Å². The zero-order valence-corrected chi connectivity index (χ0v) is 13.8. The first kappa shape index (κ1) is 15.8. The number of benzene rings is 2. The van der Waals surface area contributed by atoms with E-state index in [1.54, 1.807) is 12.4 Å². The van der Waals surface area contributed by atoms with Gasteiger partial charge in [0, 0.05) is 0 Å². The van der Waals surface area contributed by atoms with Gasteiger partial charge >= 0.3 is 0 Å². The minimum absolute atomic E-state index is 0.812. The van der Waals surface area contributed by atoms with Crippen molar-refractivity contribution in [3.8, 4) is 0 Å². The van der Waals surface area contributed by atoms with E-state index in [4.69, 9.17) is 0 Å². The quantitative estimate of drug-likeness (QED) is 0.610. The molecule has 0 amide bonds. The predicted octanol–water partition coefficient (Wildman–Crippen LogP) is 5.20. The van der Waals surface area contributed by atoms with E-state index in [0.717, 1.165) is 33.9 Å². The largest absolute Gasteiger partial charge is 0.254 e. The second-order valence-corrected chi connectivity index (χ2v) is 5.58. The van der Waals surface area contributed by atoms with E-state index in [0.29, 0.717) is 0 Å². The third-order valence-corrected chi connectivity index (χ3v) is 3.69. The van der Waals surface area contributed by atoms with E-state index >= 15 is 0 Å². The lowest BCUT2D eigenvalue weighted by Crippen LogP contribution is -1.93. The Labute approximate surface area is 142 Å². The van der Waals surface area contributed by atoms with Crippen LogP contribution in [0.4, 0.5) is 11.4 Å². The zero-order valence-electron chi connectivity index (χ0n) is 13.8. The number of rotatable bonds is 4. The minimum atomic E-state index is 0.812. The van der Waals surface area contributed by atoms with Crippen LogP contribution in [0.2, 0.25) is 0 Å². The van der Waals surface area contributed by atoms with Crippen LogP contribution in [-0.2, 0) is 0 Å². The van der Waals surface area contributed by atoms with Crippen LogP contribution in [0, 0.1) is 13.8 Å². The van der Waals surface area contributed by atoms with Crippen molar-refractivity contribution >= 4 is 23.8 Å². The molecule has 3 rings (SSSR count). The highest BCUT2D eigenvalue weighted by atomic mass is 14.8. The summed E-state index contributed by atoms with van der Waals surface area (Å²) in [6.07, 6.45) is 3.57. The monoisotopic (exact) mass is 313 g/mol. The summed E-state index contributed by atoms with van der Waals surface area (Å²) in [4.78, 5) is 13.6. The van der Waals surface area contributed by atoms with Crippen LogP contribution in [0.5, 0.6) is 0 Å². The van der Waals surface area contributed by atoms with Crippen molar-refractivity contribution in [2.45, 2.75) is 13.8 Å². The van der Waals surface area contributed by atoms with Crippen LogP contribution in [-0.4, -0.2) is 17.4 Å². The first-order valence-corrected chi connectivity index (χ1v) is 7.89. The van der Waals surface area contributed by atoms with E-state index in [1.807, 2.05) is 80.6 Å². The molecule has 0 saturated heterocycles. The molecule has 2 aromatic carbocycles. The Morgan fingerprint density at radius 3 is 1.54 bits per heavy atom. The number of nitrogens with zero attached hydrogens (tertiary/aromatic N) is 3. The molecule has 1 aromatic heterocycles. The van der Waals surface area contributed by atoms with E-state index < -0.39 is 0 Å². The van der Waals surface area contributed by atoms with Crippen LogP contribution < -0.4 is 0 Å². The maximum Gasteiger partial charge on any atom is 0.0820 e. The molecule has 0 bridgehead atoms. The first-order chi connectivity index (χ1) is 11.7. The fourth-order valence-corrected chi connectivity index (χ4v) is 2.30. The van der Waals surface area contributed by atoms with E-state index in [2.05, 4.69) is 15.0 Å². The fourth-order valence-electron chi connectivity index (χ4n) is 2.30. The normalized spacial score (nSPS) is 11.4. The second-order valence-electron chi connectivity index (χ2n) is 5.58. The average molecular weight is 313 g/mol. The lowest BCUT2D eigenvalue weighted by Gasteiger charge is -2.00. The van der Waals surface area contributed by atoms with Crippen molar-refractivity contribution < 1.29 is 0 Å². The zero-order chi connectivity index (χ0) is 16.8. The molecule has 0 unspecified atom stereocenters. The molecule has 0 saturated carbocycles. The summed E-state index contributed by atoms with van der Waals surface area (Å²) in [5.41, 5.74) is 5.83. The first-order valence-electron chi connectivity index (χ1n) is 7.89. The van der Waals surface area contributed by atoms with Gasteiger partial charge < -0.3 is 0 Å². The van der Waals surface area contributed by atoms with Gasteiger partial charge in [0.15, 0.2) is 0 Å². The van der Waals surface area contributed by atoms with Gasteiger partial charge in [0.25, 0.3) is 0 Å². The van der Waals surface area contributed by atoms with Crippen molar-refractivity contribution in [1.82, 2.24) is 4.98 Å². The van der Waals surface area contributed by atoms with Gasteiger partial charge in [-0.25, -0.2) is 4.98 Å². The fraction of sp³-hybridized carbons (Fsp3) is 0.0952. The molecule has 0 aliphatic carbocycles. The maximum absolute atomic E-state index is 4.56. The van der Waals surface area contributed by atoms with Gasteiger partial charge in [-0.05, 0) is 49.2 Å². The van der Waals surface area contributed by atoms with Gasteiger partial charge in [-0.2, -0.15) is 0 Å². The molecular formula is C21H19N3. The third-order valence-electron chi connectivity index (χ3n) is 3.69. The van der Waals surface area contributed by atoms with Crippen LogP contribution in [0.25, 0.3) is 0 Å². The van der Waals surface area contributed by atoms with Gasteiger partial charge in [0.05, 0.1) is 35.2 Å². The van der Waals surface area contributed by atoms with Crippen molar-refractivity contribution in [2.24, 2.45) is 9.98 Å². The summed E-state index contributed by atoms with van der Waals surface area (Å²) >= 11 is 0. The Balaban J connectivity index is 1.80. The van der Waals surface area contributed by atoms with Crippen LogP contribution in [0.15, 0.2) is 76.7 Å². The molecular weight excluding hydrogens is 294 g/mol. The number of hydrogen-bond donors (Lipinski definition) is 0. The van der Waals surface area contributed by atoms with Crippen molar-refractivity contribution in [2.75, 3.05) is 0 Å². The Kier molecular flexibility index (Phi) is 4.92. The highest BCUT2D eigenvalue weighted by Crippen LogP contribution is 2.17. The topological polar surface area (TPSA) is 37.6 Å². The van der Waals surface area contributed by atoms with E-state index in [-0.39, 0.29) is 0 Å². The van der Waals surface area contributed by atoms with Crippen LogP contribution >= 0.6 is 0 Å². The molecule has 0 aliphatic rings. The summed E-state index contributed by atoms with van der Waals surface area (Å²) in [6.45, 7) is 4.09. The Hall–Kier alpha value is -3.07. The molecule has 3 nitrogen and oxygen atoms in total. The van der Waals surface area contributed by atoms with Gasteiger partial charge in [0.2, 0.25) is 0 Å². The Morgan fingerprint density at radius 2 is 1.08 bits per heavy atom. The van der Waals surface area contributed by atoms with E-state index in [9.17, 15) is 0 Å². The molecule has 24 heavy (non-hydrogen) atoms. The number of aromatic nitrogens is 1. The lowest BCUT2D eigenvalue weighted by atomic mass is 10.2. The molecule has 0 N–H and O–H groups in total. The van der Waals surface area contributed by atoms with Gasteiger partial charge in [-0.1, -0.05) is 42.5 Å². The Morgan fingerprint density at radius 1 is 0.625 bits per heavy atom. The maximum atomic E-state index is 4.56. The molecule has 1 heterocycles. The smallest absolute Gasteiger partial charge is 0.0820 e. The third kappa shape index (κ3) is 4.02. The molecule has 0 aliphatic heterocycles. The second kappa shape index (κ2) is 7.47. The molecule has 0 spiro atoms. The SMILES string of the molecule is Cc1ccccc1N=Cc1cccc(C=Nc2ccccc2C)n1. The molecule has 0 atom stereocenters. The summed E-state index contributed by atoms with van der Waals surface area (Å²) in [5.74, 6) is 0. The predicted molar refractivity (Wildman–Crippen MR) is 101 cm³/mol. The average Bonchev–Trinajstić information content (AvgIpc) is 2.61. The lowest BCUT2D eigenvalue weighted by molar-refractivity contribution is 1.27. The van der Waals surface area contributed by atoms with E-state index in [1.165, 1.54) is 0 Å². The summed E-state index contributed by atoms with van der Waals surface area (Å²) in [5, 5.41) is 0. The highest BCUT2D eigenvalue weighted by Gasteiger charge is 1.97. The van der Waals surface area contributed by atoms with Gasteiger partial charge in [-0.3, -0.25) is 9.98 Å². The summed E-state index contributed by atoms with van der Waals surface area (Å²) in [7, 11) is 0. The van der Waals surface area contributed by atoms with Crippen LogP contribution in [0.3, 0.4) is 0 Å². The molecule has 3 aromatic rings. The summed E-state index contributed by atoms with van der Waals surface area (Å²) in [6, 6.07) is 21.9. The Bertz CT molecular complexity index is 824. The standard InChI is InChI=1S/C21H19N3/c1-16-8-3-5-12-20(16)22-14-18-10-7-11-19(24-18)15-23-21-13-6-4-9-17(21)2/h3-15H,1-2H3. The molecule has 3 heteroatoms. The number of aryl methyl sites for hydroxylation is 2. The highest BCUT2D eigenvalue weighted by molar-refractivity contribution is 5.84. The van der Waals surface area contributed by atoms with Crippen molar-refractivity contribution in [1.29, 1.82) is 0 Å². The number of pyridine rings is 1. The number of hydrogen-bond acceptors (Lipinski definition) is 3.